The summed E-state index contributed by atoms with van der Waals surface area (Å²) in [7, 11) is 1.73. The maximum atomic E-state index is 13.1. The first-order chi connectivity index (χ1) is 13.1. The number of para-hydroxylation sites is 2. The topological polar surface area (TPSA) is 67.7 Å². The number of carbonyl (C=O) groups is 2. The summed E-state index contributed by atoms with van der Waals surface area (Å²) in [6, 6.07) is 6.80. The number of anilines is 1. The van der Waals surface area contributed by atoms with E-state index in [0.29, 0.717) is 30.3 Å². The van der Waals surface area contributed by atoms with Crippen LogP contribution in [0.2, 0.25) is 0 Å². The molecule has 2 aliphatic heterocycles. The van der Waals surface area contributed by atoms with Crippen molar-refractivity contribution in [3.63, 3.8) is 0 Å². The molecule has 27 heavy (non-hydrogen) atoms. The molecule has 5 rings (SSSR count). The summed E-state index contributed by atoms with van der Waals surface area (Å²) in [5, 5.41) is 4.52. The summed E-state index contributed by atoms with van der Waals surface area (Å²) in [6.45, 7) is 1.54. The van der Waals surface area contributed by atoms with Gasteiger partial charge in [-0.3, -0.25) is 14.3 Å². The van der Waals surface area contributed by atoms with E-state index in [2.05, 4.69) is 5.10 Å². The van der Waals surface area contributed by atoms with Crippen LogP contribution in [0, 0.1) is 5.92 Å². The van der Waals surface area contributed by atoms with Gasteiger partial charge in [-0.15, -0.1) is 0 Å². The van der Waals surface area contributed by atoms with Crippen LogP contribution in [0.5, 0.6) is 5.75 Å². The molecule has 3 aliphatic rings. The Labute approximate surface area is 157 Å². The van der Waals surface area contributed by atoms with E-state index in [1.807, 2.05) is 35.1 Å². The Morgan fingerprint density at radius 3 is 2.85 bits per heavy atom. The Hall–Kier alpha value is -2.83. The van der Waals surface area contributed by atoms with Crippen molar-refractivity contribution in [2.45, 2.75) is 31.8 Å². The molecule has 1 fully saturated rings. The molecule has 2 amide bonds. The second kappa shape index (κ2) is 6.11. The van der Waals surface area contributed by atoms with Crippen LogP contribution in [0.4, 0.5) is 5.69 Å². The zero-order valence-corrected chi connectivity index (χ0v) is 15.3. The average Bonchev–Trinajstić information content (AvgIpc) is 3.40. The quantitative estimate of drug-likeness (QED) is 0.829. The second-order valence-corrected chi connectivity index (χ2v) is 7.61. The maximum absolute atomic E-state index is 13.1. The molecule has 0 bridgehead atoms. The lowest BCUT2D eigenvalue weighted by Gasteiger charge is -2.33. The summed E-state index contributed by atoms with van der Waals surface area (Å²) in [5.74, 6) is 1.05. The molecule has 3 heterocycles. The van der Waals surface area contributed by atoms with E-state index in [1.165, 1.54) is 12.8 Å². The third-order valence-corrected chi connectivity index (χ3v) is 5.68. The molecule has 0 N–H and O–H groups in total. The van der Waals surface area contributed by atoms with Crippen molar-refractivity contribution in [2.75, 3.05) is 25.1 Å². The lowest BCUT2D eigenvalue weighted by molar-refractivity contribution is -0.123. The molecular weight excluding hydrogens is 344 g/mol. The van der Waals surface area contributed by atoms with E-state index < -0.39 is 6.04 Å². The van der Waals surface area contributed by atoms with Gasteiger partial charge in [-0.1, -0.05) is 12.1 Å². The molecule has 140 valence electrons. The molecule has 1 aromatic heterocycles. The molecular formula is C20H22N4O3. The zero-order chi connectivity index (χ0) is 18.5. The van der Waals surface area contributed by atoms with Gasteiger partial charge in [0.1, 0.15) is 18.4 Å². The van der Waals surface area contributed by atoms with Crippen LogP contribution in [0.1, 0.15) is 28.9 Å². The van der Waals surface area contributed by atoms with Crippen LogP contribution in [-0.4, -0.2) is 52.7 Å². The van der Waals surface area contributed by atoms with Gasteiger partial charge in [0.05, 0.1) is 5.69 Å². The summed E-state index contributed by atoms with van der Waals surface area (Å²) in [6.07, 6.45) is 5.19. The highest BCUT2D eigenvalue weighted by Gasteiger charge is 2.40. The maximum Gasteiger partial charge on any atom is 0.275 e. The number of benzene rings is 1. The lowest BCUT2D eigenvalue weighted by atomic mass is 10.0. The third-order valence-electron chi connectivity index (χ3n) is 5.68. The number of nitrogens with zero attached hydrogens (tertiary/aromatic N) is 4. The minimum absolute atomic E-state index is 0.130. The van der Waals surface area contributed by atoms with Crippen LogP contribution < -0.4 is 9.64 Å². The molecule has 7 nitrogen and oxygen atoms in total. The van der Waals surface area contributed by atoms with E-state index >= 15 is 0 Å². The van der Waals surface area contributed by atoms with E-state index in [9.17, 15) is 9.59 Å². The van der Waals surface area contributed by atoms with Crippen LogP contribution in [0.3, 0.4) is 0 Å². The molecule has 2 aromatic rings. The average molecular weight is 366 g/mol. The summed E-state index contributed by atoms with van der Waals surface area (Å²) >= 11 is 0. The summed E-state index contributed by atoms with van der Waals surface area (Å²) in [4.78, 5) is 29.4. The molecule has 1 aliphatic carbocycles. The number of rotatable bonds is 3. The smallest absolute Gasteiger partial charge is 0.275 e. The zero-order valence-electron chi connectivity index (χ0n) is 15.3. The molecule has 0 unspecified atom stereocenters. The first kappa shape index (κ1) is 16.4. The van der Waals surface area contributed by atoms with Crippen LogP contribution >= 0.6 is 0 Å². The first-order valence-corrected chi connectivity index (χ1v) is 9.48. The number of likely N-dealkylation sites (N-methyl/N-ethyl adjacent to an activating group) is 1. The Morgan fingerprint density at radius 1 is 1.22 bits per heavy atom. The number of hydrogen-bond donors (Lipinski definition) is 0. The van der Waals surface area contributed by atoms with Gasteiger partial charge in [-0.05, 0) is 37.3 Å². The van der Waals surface area contributed by atoms with Crippen molar-refractivity contribution in [1.82, 2.24) is 14.7 Å². The number of hydrogen-bond acceptors (Lipinski definition) is 4. The van der Waals surface area contributed by atoms with E-state index in [-0.39, 0.29) is 18.4 Å². The van der Waals surface area contributed by atoms with Gasteiger partial charge in [0.15, 0.2) is 5.69 Å². The highest BCUT2D eigenvalue weighted by atomic mass is 16.5. The van der Waals surface area contributed by atoms with Crippen molar-refractivity contribution >= 4 is 17.5 Å². The van der Waals surface area contributed by atoms with E-state index in [0.717, 1.165) is 17.8 Å². The summed E-state index contributed by atoms with van der Waals surface area (Å²) < 4.78 is 7.78. The Kier molecular flexibility index (Phi) is 3.70. The third kappa shape index (κ3) is 2.78. The van der Waals surface area contributed by atoms with Gasteiger partial charge in [0, 0.05) is 31.9 Å². The van der Waals surface area contributed by atoms with E-state index in [1.54, 1.807) is 16.8 Å². The molecule has 7 heteroatoms. The van der Waals surface area contributed by atoms with Gasteiger partial charge in [0.2, 0.25) is 0 Å². The van der Waals surface area contributed by atoms with Crippen molar-refractivity contribution < 1.29 is 14.3 Å². The molecule has 1 atom stereocenters. The van der Waals surface area contributed by atoms with Gasteiger partial charge in [0.25, 0.3) is 11.8 Å². The Bertz CT molecular complexity index is 918. The number of aromatic nitrogens is 2. The van der Waals surface area contributed by atoms with Gasteiger partial charge < -0.3 is 14.5 Å². The number of carbonyl (C=O) groups excluding carboxylic acids is 2. The molecule has 1 aromatic carbocycles. The predicted molar refractivity (Wildman–Crippen MR) is 98.8 cm³/mol. The number of fused-ring (bicyclic) bond motifs is 2. The first-order valence-electron chi connectivity index (χ1n) is 9.48. The second-order valence-electron chi connectivity index (χ2n) is 7.61. The van der Waals surface area contributed by atoms with Crippen molar-refractivity contribution in [2.24, 2.45) is 5.92 Å². The van der Waals surface area contributed by atoms with Gasteiger partial charge in [-0.2, -0.15) is 5.10 Å². The van der Waals surface area contributed by atoms with Crippen molar-refractivity contribution in [3.8, 4) is 5.75 Å². The SMILES string of the molecule is CN1C(=O)[C@@H](N2CCc3cn(CC4CC4)nc3C2=O)COc2ccccc21. The number of ether oxygens (including phenoxy) is 1. The van der Waals surface area contributed by atoms with Gasteiger partial charge in [-0.25, -0.2) is 0 Å². The van der Waals surface area contributed by atoms with E-state index in [4.69, 9.17) is 4.74 Å². The van der Waals surface area contributed by atoms with Crippen LogP contribution in [0.25, 0.3) is 0 Å². The fourth-order valence-corrected chi connectivity index (χ4v) is 3.92. The van der Waals surface area contributed by atoms with Gasteiger partial charge >= 0.3 is 0 Å². The minimum Gasteiger partial charge on any atom is -0.489 e. The molecule has 0 radical (unpaired) electrons. The highest BCUT2D eigenvalue weighted by molar-refractivity contribution is 6.03. The Morgan fingerprint density at radius 2 is 2.04 bits per heavy atom. The predicted octanol–water partition coefficient (Wildman–Crippen LogP) is 1.72. The minimum atomic E-state index is -0.642. The van der Waals surface area contributed by atoms with Crippen LogP contribution in [0.15, 0.2) is 30.5 Å². The highest BCUT2D eigenvalue weighted by Crippen LogP contribution is 2.33. The number of amides is 2. The normalized spacial score (nSPS) is 22.2. The fourth-order valence-electron chi connectivity index (χ4n) is 3.92. The van der Waals surface area contributed by atoms with Crippen molar-refractivity contribution in [1.29, 1.82) is 0 Å². The standard InChI is InChI=1S/C20H22N4O3/c1-22-15-4-2-3-5-17(15)27-12-16(19(22)25)24-9-8-14-11-23(10-13-6-7-13)21-18(14)20(24)26/h2-5,11,13,16H,6-10,12H2,1H3/t16-/m0/s1. The molecule has 0 spiro atoms. The Balaban J connectivity index is 1.41. The molecule has 1 saturated carbocycles. The fraction of sp³-hybridized carbons (Fsp3) is 0.450. The lowest BCUT2D eigenvalue weighted by Crippen LogP contribution is -2.54. The molecule has 0 saturated heterocycles. The van der Waals surface area contributed by atoms with Crippen molar-refractivity contribution in [3.05, 3.63) is 41.7 Å². The monoisotopic (exact) mass is 366 g/mol. The summed E-state index contributed by atoms with van der Waals surface area (Å²) in [5.41, 5.74) is 2.19. The largest absolute Gasteiger partial charge is 0.489 e. The van der Waals surface area contributed by atoms with Crippen LogP contribution in [-0.2, 0) is 17.8 Å².